The van der Waals surface area contributed by atoms with Gasteiger partial charge in [-0.15, -0.1) is 0 Å². The Hall–Kier alpha value is -1.83. The number of ether oxygens (including phenoxy) is 1. The van der Waals surface area contributed by atoms with Crippen molar-refractivity contribution in [3.8, 4) is 0 Å². The number of amides is 1. The third kappa shape index (κ3) is 7.74. The number of hydrogen-bond donors (Lipinski definition) is 0. The van der Waals surface area contributed by atoms with E-state index in [0.717, 1.165) is 5.56 Å². The molecule has 1 amide bonds. The van der Waals surface area contributed by atoms with Crippen molar-refractivity contribution in [2.45, 2.75) is 25.7 Å². The van der Waals surface area contributed by atoms with Crippen LogP contribution >= 0.6 is 23.2 Å². The number of hydrogen-bond acceptors (Lipinski definition) is 3. The second-order valence-electron chi connectivity index (χ2n) is 5.74. The van der Waals surface area contributed by atoms with E-state index in [1.165, 1.54) is 4.90 Å². The number of halogens is 5. The van der Waals surface area contributed by atoms with E-state index in [4.69, 9.17) is 23.2 Å². The summed E-state index contributed by atoms with van der Waals surface area (Å²) in [7, 11) is 0. The molecule has 0 fully saturated rings. The number of aromatic nitrogens is 1. The zero-order chi connectivity index (χ0) is 19.9. The van der Waals surface area contributed by atoms with Crippen LogP contribution < -0.4 is 0 Å². The highest BCUT2D eigenvalue weighted by atomic mass is 35.5. The molecule has 0 spiro atoms. The average molecular weight is 421 g/mol. The first-order valence-electron chi connectivity index (χ1n) is 8.01. The second kappa shape index (κ2) is 9.92. The molecule has 9 heteroatoms. The van der Waals surface area contributed by atoms with Gasteiger partial charge in [0.25, 0.3) is 0 Å². The van der Waals surface area contributed by atoms with Crippen molar-refractivity contribution in [2.24, 2.45) is 0 Å². The molecule has 0 aliphatic carbocycles. The maximum absolute atomic E-state index is 12.5. The van der Waals surface area contributed by atoms with E-state index in [-0.39, 0.29) is 32.0 Å². The van der Waals surface area contributed by atoms with E-state index in [2.05, 4.69) is 9.72 Å². The van der Waals surface area contributed by atoms with Crippen molar-refractivity contribution < 1.29 is 22.7 Å². The normalized spacial score (nSPS) is 11.4. The van der Waals surface area contributed by atoms with Crippen LogP contribution in [-0.4, -0.2) is 35.2 Å². The van der Waals surface area contributed by atoms with Gasteiger partial charge < -0.3 is 9.64 Å². The molecule has 0 atom stereocenters. The van der Waals surface area contributed by atoms with Gasteiger partial charge >= 0.3 is 6.18 Å². The number of pyridine rings is 1. The Morgan fingerprint density at radius 3 is 2.52 bits per heavy atom. The second-order valence-corrected chi connectivity index (χ2v) is 6.55. The molecule has 0 saturated heterocycles. The first-order valence-corrected chi connectivity index (χ1v) is 8.76. The number of carbonyl (C=O) groups excluding carboxylic acids is 1. The number of benzene rings is 1. The van der Waals surface area contributed by atoms with E-state index < -0.39 is 12.8 Å². The maximum Gasteiger partial charge on any atom is 0.411 e. The first kappa shape index (κ1) is 21.5. The van der Waals surface area contributed by atoms with E-state index >= 15 is 0 Å². The van der Waals surface area contributed by atoms with Crippen LogP contribution in [0, 0.1) is 0 Å². The minimum Gasteiger partial charge on any atom is -0.372 e. The van der Waals surface area contributed by atoms with Gasteiger partial charge in [-0.3, -0.25) is 9.78 Å². The van der Waals surface area contributed by atoms with Gasteiger partial charge in [-0.05, 0) is 29.8 Å². The van der Waals surface area contributed by atoms with E-state index in [0.29, 0.717) is 15.7 Å². The Morgan fingerprint density at radius 1 is 1.11 bits per heavy atom. The van der Waals surface area contributed by atoms with Crippen LogP contribution in [0.5, 0.6) is 0 Å². The van der Waals surface area contributed by atoms with Gasteiger partial charge in [0.15, 0.2) is 0 Å². The van der Waals surface area contributed by atoms with Crippen LogP contribution in [0.4, 0.5) is 13.2 Å². The molecule has 0 N–H and O–H groups in total. The Morgan fingerprint density at radius 2 is 1.89 bits per heavy atom. The summed E-state index contributed by atoms with van der Waals surface area (Å²) in [6, 6.07) is 10.3. The maximum atomic E-state index is 12.5. The first-order chi connectivity index (χ1) is 12.7. The zero-order valence-corrected chi connectivity index (χ0v) is 15.7. The lowest BCUT2D eigenvalue weighted by atomic mass is 10.2. The fourth-order valence-electron chi connectivity index (χ4n) is 2.28. The minimum atomic E-state index is -4.42. The predicted octanol–water partition coefficient (Wildman–Crippen LogP) is 4.89. The molecule has 4 nitrogen and oxygen atoms in total. The summed E-state index contributed by atoms with van der Waals surface area (Å²) >= 11 is 11.9. The number of carbonyl (C=O) groups is 1. The molecule has 0 saturated carbocycles. The van der Waals surface area contributed by atoms with Crippen LogP contribution in [0.2, 0.25) is 10.0 Å². The topological polar surface area (TPSA) is 42.4 Å². The molecule has 146 valence electrons. The smallest absolute Gasteiger partial charge is 0.372 e. The quantitative estimate of drug-likeness (QED) is 0.571. The van der Waals surface area contributed by atoms with Gasteiger partial charge in [-0.25, -0.2) is 0 Å². The summed E-state index contributed by atoms with van der Waals surface area (Å²) < 4.78 is 40.9. The molecule has 2 aromatic rings. The molecule has 1 aromatic heterocycles. The molecule has 1 aromatic carbocycles. The highest BCUT2D eigenvalue weighted by Crippen LogP contribution is 2.24. The summed E-state index contributed by atoms with van der Waals surface area (Å²) in [5, 5.41) is 0.747. The minimum absolute atomic E-state index is 0.176. The third-order valence-corrected chi connectivity index (χ3v) is 4.25. The molecule has 27 heavy (non-hydrogen) atoms. The molecule has 0 aliphatic heterocycles. The standard InChI is InChI=1S/C18H17Cl2F3N2O2/c19-15-5-4-13(9-16(15)20)10-25(11-14-3-1-2-7-24-14)17(26)6-8-27-12-18(21,22)23/h1-5,7,9H,6,8,10-12H2. The largest absolute Gasteiger partial charge is 0.411 e. The van der Waals surface area contributed by atoms with Crippen LogP contribution in [0.3, 0.4) is 0 Å². The van der Waals surface area contributed by atoms with Crippen LogP contribution in [-0.2, 0) is 22.6 Å². The monoisotopic (exact) mass is 420 g/mol. The number of rotatable bonds is 8. The lowest BCUT2D eigenvalue weighted by molar-refractivity contribution is -0.175. The van der Waals surface area contributed by atoms with Crippen molar-refractivity contribution in [1.29, 1.82) is 0 Å². The number of nitrogens with zero attached hydrogens (tertiary/aromatic N) is 2. The molecule has 0 bridgehead atoms. The molecule has 0 aliphatic rings. The van der Waals surface area contributed by atoms with Crippen molar-refractivity contribution in [1.82, 2.24) is 9.88 Å². The highest BCUT2D eigenvalue weighted by molar-refractivity contribution is 6.42. The average Bonchev–Trinajstić information content (AvgIpc) is 2.61. The van der Waals surface area contributed by atoms with Gasteiger partial charge in [0, 0.05) is 12.7 Å². The van der Waals surface area contributed by atoms with Gasteiger partial charge in [0.05, 0.1) is 35.3 Å². The fourth-order valence-corrected chi connectivity index (χ4v) is 2.60. The summed E-state index contributed by atoms with van der Waals surface area (Å²) in [5.41, 5.74) is 1.40. The molecular formula is C18H17Cl2F3N2O2. The predicted molar refractivity (Wildman–Crippen MR) is 96.4 cm³/mol. The van der Waals surface area contributed by atoms with Gasteiger partial charge in [-0.1, -0.05) is 35.3 Å². The summed E-state index contributed by atoms with van der Waals surface area (Å²) in [5.74, 6) is -0.353. The summed E-state index contributed by atoms with van der Waals surface area (Å²) in [6.45, 7) is -1.28. The van der Waals surface area contributed by atoms with E-state index in [1.54, 1.807) is 42.6 Å². The van der Waals surface area contributed by atoms with Crippen molar-refractivity contribution in [3.63, 3.8) is 0 Å². The van der Waals surface area contributed by atoms with Crippen LogP contribution in [0.25, 0.3) is 0 Å². The lowest BCUT2D eigenvalue weighted by Crippen LogP contribution is -2.31. The summed E-state index contributed by atoms with van der Waals surface area (Å²) in [6.07, 6.45) is -3.00. The zero-order valence-electron chi connectivity index (χ0n) is 14.2. The Bertz CT molecular complexity index is 758. The third-order valence-electron chi connectivity index (χ3n) is 3.52. The number of alkyl halides is 3. The Kier molecular flexibility index (Phi) is 7.89. The molecule has 0 radical (unpaired) electrons. The molecule has 2 rings (SSSR count). The highest BCUT2D eigenvalue weighted by Gasteiger charge is 2.27. The molecule has 0 unspecified atom stereocenters. The van der Waals surface area contributed by atoms with Gasteiger partial charge in [0.2, 0.25) is 5.91 Å². The Balaban J connectivity index is 2.04. The molecule has 1 heterocycles. The van der Waals surface area contributed by atoms with Gasteiger partial charge in [-0.2, -0.15) is 13.2 Å². The van der Waals surface area contributed by atoms with Gasteiger partial charge in [0.1, 0.15) is 6.61 Å². The van der Waals surface area contributed by atoms with Crippen molar-refractivity contribution >= 4 is 29.1 Å². The van der Waals surface area contributed by atoms with E-state index in [9.17, 15) is 18.0 Å². The van der Waals surface area contributed by atoms with Crippen molar-refractivity contribution in [2.75, 3.05) is 13.2 Å². The Labute approximate surface area is 164 Å². The fraction of sp³-hybridized carbons (Fsp3) is 0.333. The van der Waals surface area contributed by atoms with E-state index in [1.807, 2.05) is 0 Å². The molecular weight excluding hydrogens is 404 g/mol. The lowest BCUT2D eigenvalue weighted by Gasteiger charge is -2.23. The summed E-state index contributed by atoms with van der Waals surface area (Å²) in [4.78, 5) is 18.2. The van der Waals surface area contributed by atoms with Crippen molar-refractivity contribution in [3.05, 3.63) is 63.9 Å². The SMILES string of the molecule is O=C(CCOCC(F)(F)F)N(Cc1ccc(Cl)c(Cl)c1)Cc1ccccn1. The van der Waals surface area contributed by atoms with Crippen LogP contribution in [0.1, 0.15) is 17.7 Å². The van der Waals surface area contributed by atoms with Crippen LogP contribution in [0.15, 0.2) is 42.6 Å².